The van der Waals surface area contributed by atoms with Crippen LogP contribution in [0.5, 0.6) is 0 Å². The van der Waals surface area contributed by atoms with Crippen LogP contribution < -0.4 is 0 Å². The van der Waals surface area contributed by atoms with E-state index in [4.69, 9.17) is 4.98 Å². The van der Waals surface area contributed by atoms with E-state index in [0.29, 0.717) is 13.1 Å². The molecule has 5 rings (SSSR count). The molecule has 2 aromatic carbocycles. The highest BCUT2D eigenvalue weighted by Crippen LogP contribution is 2.40. The summed E-state index contributed by atoms with van der Waals surface area (Å²) in [5.74, 6) is 0.110. The smallest absolute Gasteiger partial charge is 0.246 e. The van der Waals surface area contributed by atoms with Gasteiger partial charge in [-0.05, 0) is 40.3 Å². The summed E-state index contributed by atoms with van der Waals surface area (Å²) in [7, 11) is 0. The minimum Gasteiger partial charge on any atom is -0.333 e. The number of carbonyl (C=O) groups is 1. The number of aromatic nitrogens is 1. The van der Waals surface area contributed by atoms with E-state index in [9.17, 15) is 4.79 Å². The van der Waals surface area contributed by atoms with Crippen molar-refractivity contribution in [2.24, 2.45) is 0 Å². The van der Waals surface area contributed by atoms with Crippen LogP contribution in [0.25, 0.3) is 22.4 Å². The van der Waals surface area contributed by atoms with Crippen molar-refractivity contribution in [3.05, 3.63) is 113 Å². The fraction of sp³-hybridized carbons (Fsp3) is 0.111. The Morgan fingerprint density at radius 1 is 0.968 bits per heavy atom. The first kappa shape index (κ1) is 19.5. The molecule has 0 saturated heterocycles. The summed E-state index contributed by atoms with van der Waals surface area (Å²) in [6.07, 6.45) is 3.36. The molecule has 0 fully saturated rings. The molecule has 4 aromatic rings. The first-order valence-electron chi connectivity index (χ1n) is 10.3. The summed E-state index contributed by atoms with van der Waals surface area (Å²) < 4.78 is 0. The zero-order chi connectivity index (χ0) is 21.2. The number of hydrogen-bond donors (Lipinski definition) is 0. The Bertz CT molecular complexity index is 1230. The molecule has 31 heavy (non-hydrogen) atoms. The van der Waals surface area contributed by atoms with E-state index in [0.717, 1.165) is 22.4 Å². The van der Waals surface area contributed by atoms with Gasteiger partial charge in [-0.2, -0.15) is 0 Å². The number of carbonyl (C=O) groups excluding carboxylic acids is 1. The molecule has 0 N–H and O–H groups in total. The van der Waals surface area contributed by atoms with Crippen molar-refractivity contribution >= 4 is 17.2 Å². The molecule has 0 unspecified atom stereocenters. The van der Waals surface area contributed by atoms with Crippen LogP contribution in [-0.2, 0) is 11.3 Å². The van der Waals surface area contributed by atoms with Gasteiger partial charge in [-0.15, -0.1) is 11.3 Å². The average molecular weight is 423 g/mol. The van der Waals surface area contributed by atoms with Gasteiger partial charge in [-0.25, -0.2) is 0 Å². The molecule has 1 amide bonds. The van der Waals surface area contributed by atoms with Crippen molar-refractivity contribution < 1.29 is 4.79 Å². The van der Waals surface area contributed by atoms with Crippen molar-refractivity contribution in [1.29, 1.82) is 0 Å². The van der Waals surface area contributed by atoms with Crippen LogP contribution in [0.15, 0.2) is 97.0 Å². The first-order chi connectivity index (χ1) is 15.2. The molecule has 0 radical (unpaired) electrons. The molecule has 152 valence electrons. The molecular formula is C27H22N2OS. The van der Waals surface area contributed by atoms with Crippen molar-refractivity contribution in [3.8, 4) is 22.4 Å². The summed E-state index contributed by atoms with van der Waals surface area (Å²) in [4.78, 5) is 20.3. The van der Waals surface area contributed by atoms with Gasteiger partial charge in [0.15, 0.2) is 0 Å². The third-order valence-electron chi connectivity index (χ3n) is 5.86. The minimum atomic E-state index is -0.0181. The Balaban J connectivity index is 1.54. The maximum atomic E-state index is 12.4. The van der Waals surface area contributed by atoms with E-state index in [-0.39, 0.29) is 11.8 Å². The second-order valence-corrected chi connectivity index (χ2v) is 8.66. The second-order valence-electron chi connectivity index (χ2n) is 7.66. The number of rotatable bonds is 4. The van der Waals surface area contributed by atoms with Crippen LogP contribution in [0.3, 0.4) is 0 Å². The number of thiophene rings is 1. The normalized spacial score (nSPS) is 15.4. The Morgan fingerprint density at radius 2 is 1.77 bits per heavy atom. The van der Waals surface area contributed by atoms with Gasteiger partial charge in [0.1, 0.15) is 0 Å². The van der Waals surface area contributed by atoms with Gasteiger partial charge in [0.25, 0.3) is 0 Å². The van der Waals surface area contributed by atoms with Gasteiger partial charge < -0.3 is 4.90 Å². The second kappa shape index (κ2) is 8.32. The quantitative estimate of drug-likeness (QED) is 0.370. The van der Waals surface area contributed by atoms with Crippen LogP contribution in [0.2, 0.25) is 0 Å². The predicted molar refractivity (Wildman–Crippen MR) is 127 cm³/mol. The number of amides is 1. The molecule has 0 saturated carbocycles. The predicted octanol–water partition coefficient (Wildman–Crippen LogP) is 6.14. The topological polar surface area (TPSA) is 33.2 Å². The molecule has 1 atom stereocenters. The number of fused-ring (bicyclic) bond motifs is 1. The highest BCUT2D eigenvalue weighted by Gasteiger charge is 2.30. The van der Waals surface area contributed by atoms with Crippen LogP contribution >= 0.6 is 11.3 Å². The summed E-state index contributed by atoms with van der Waals surface area (Å²) in [5.41, 5.74) is 6.85. The molecule has 3 heterocycles. The molecule has 1 aliphatic rings. The van der Waals surface area contributed by atoms with E-state index in [1.165, 1.54) is 22.1 Å². The molecule has 1 aliphatic heterocycles. The molecule has 0 bridgehead atoms. The molecule has 0 aliphatic carbocycles. The first-order valence-corrected chi connectivity index (χ1v) is 11.2. The summed E-state index contributed by atoms with van der Waals surface area (Å²) in [6.45, 7) is 4.99. The maximum Gasteiger partial charge on any atom is 0.246 e. The van der Waals surface area contributed by atoms with E-state index in [1.54, 1.807) is 11.3 Å². The van der Waals surface area contributed by atoms with Crippen molar-refractivity contribution in [1.82, 2.24) is 9.88 Å². The van der Waals surface area contributed by atoms with Crippen molar-refractivity contribution in [2.75, 3.05) is 6.54 Å². The Kier molecular flexibility index (Phi) is 5.23. The van der Waals surface area contributed by atoms with Gasteiger partial charge >= 0.3 is 0 Å². The third-order valence-corrected chi connectivity index (χ3v) is 6.78. The van der Waals surface area contributed by atoms with E-state index < -0.39 is 0 Å². The highest BCUT2D eigenvalue weighted by atomic mass is 32.1. The maximum absolute atomic E-state index is 12.4. The van der Waals surface area contributed by atoms with Crippen LogP contribution in [0.4, 0.5) is 0 Å². The van der Waals surface area contributed by atoms with Crippen LogP contribution in [0, 0.1) is 0 Å². The summed E-state index contributed by atoms with van der Waals surface area (Å²) in [6, 6.07) is 25.1. The molecule has 2 aromatic heterocycles. The van der Waals surface area contributed by atoms with Gasteiger partial charge in [-0.3, -0.25) is 9.78 Å². The van der Waals surface area contributed by atoms with E-state index in [2.05, 4.69) is 66.6 Å². The lowest BCUT2D eigenvalue weighted by atomic mass is 9.84. The fourth-order valence-corrected chi connectivity index (χ4v) is 5.26. The zero-order valence-electron chi connectivity index (χ0n) is 17.1. The largest absolute Gasteiger partial charge is 0.333 e. The monoisotopic (exact) mass is 422 g/mol. The Hall–Kier alpha value is -3.50. The van der Waals surface area contributed by atoms with Crippen LogP contribution in [0.1, 0.15) is 21.9 Å². The summed E-state index contributed by atoms with van der Waals surface area (Å²) >= 11 is 1.72. The minimum absolute atomic E-state index is 0.0181. The average Bonchev–Trinajstić information content (AvgIpc) is 3.32. The molecule has 3 nitrogen and oxygen atoms in total. The standard InChI is InChI=1S/C27H22N2OS/c1-2-27(30)29-17-24(23-14-15-31-26(23)18-29)22-11-7-6-10-21(22)20-12-13-25(28-16-20)19-8-4-3-5-9-19/h2-16,24H,1,17-18H2/t24-/m0/s1. The Labute approximate surface area is 186 Å². The lowest BCUT2D eigenvalue weighted by Gasteiger charge is -2.33. The van der Waals surface area contributed by atoms with Crippen LogP contribution in [-0.4, -0.2) is 22.3 Å². The van der Waals surface area contributed by atoms with Gasteiger partial charge in [0.2, 0.25) is 5.91 Å². The highest BCUT2D eigenvalue weighted by molar-refractivity contribution is 7.10. The van der Waals surface area contributed by atoms with E-state index >= 15 is 0 Å². The van der Waals surface area contributed by atoms with E-state index in [1.807, 2.05) is 29.3 Å². The zero-order valence-corrected chi connectivity index (χ0v) is 17.9. The number of pyridine rings is 1. The molecule has 4 heteroatoms. The number of benzene rings is 2. The van der Waals surface area contributed by atoms with Crippen molar-refractivity contribution in [3.63, 3.8) is 0 Å². The SMILES string of the molecule is C=CC(=O)N1Cc2sccc2[C@H](c2ccccc2-c2ccc(-c3ccccc3)nc2)C1. The third kappa shape index (κ3) is 3.71. The molecule has 0 spiro atoms. The lowest BCUT2D eigenvalue weighted by molar-refractivity contribution is -0.127. The van der Waals surface area contributed by atoms with Crippen molar-refractivity contribution in [2.45, 2.75) is 12.5 Å². The molecular weight excluding hydrogens is 400 g/mol. The summed E-state index contributed by atoms with van der Waals surface area (Å²) in [5, 5.41) is 2.12. The number of nitrogens with zero attached hydrogens (tertiary/aromatic N) is 2. The van der Waals surface area contributed by atoms with Gasteiger partial charge in [-0.1, -0.05) is 67.2 Å². The Morgan fingerprint density at radius 3 is 2.55 bits per heavy atom. The van der Waals surface area contributed by atoms with Gasteiger partial charge in [0, 0.05) is 34.7 Å². The lowest BCUT2D eigenvalue weighted by Crippen LogP contribution is -2.37. The fourth-order valence-electron chi connectivity index (χ4n) is 4.31. The van der Waals surface area contributed by atoms with Gasteiger partial charge in [0.05, 0.1) is 12.2 Å². The number of hydrogen-bond acceptors (Lipinski definition) is 3.